The van der Waals surface area contributed by atoms with Gasteiger partial charge in [-0.2, -0.15) is 0 Å². The average Bonchev–Trinajstić information content (AvgIpc) is 2.34. The van der Waals surface area contributed by atoms with Crippen molar-refractivity contribution in [3.63, 3.8) is 0 Å². The van der Waals surface area contributed by atoms with Crippen molar-refractivity contribution >= 4 is 76.4 Å². The Kier molecular flexibility index (Phi) is 8.01. The molecule has 26 heavy (non-hydrogen) atoms. The van der Waals surface area contributed by atoms with Gasteiger partial charge in [-0.15, -0.1) is 0 Å². The lowest BCUT2D eigenvalue weighted by molar-refractivity contribution is 1.75. The fourth-order valence-electron chi connectivity index (χ4n) is 4.69. The average molecular weight is 521 g/mol. The van der Waals surface area contributed by atoms with Crippen LogP contribution in [0.4, 0.5) is 0 Å². The molecule has 0 N–H and O–H groups in total. The minimum Gasteiger partial charge on any atom is -0.0739 e. The second-order valence-electron chi connectivity index (χ2n) is 13.0. The molecule has 0 saturated carbocycles. The third-order valence-corrected chi connectivity index (χ3v) is 193. The van der Waals surface area contributed by atoms with Crippen LogP contribution in [0.2, 0.25) is 105 Å². The van der Waals surface area contributed by atoms with E-state index in [2.05, 4.69) is 124 Å². The molecule has 0 heterocycles. The molecule has 0 amide bonds. The summed E-state index contributed by atoms with van der Waals surface area (Å²) in [5.74, 6) is 0. The van der Waals surface area contributed by atoms with Crippen LogP contribution in [0.15, 0.2) is 0 Å². The summed E-state index contributed by atoms with van der Waals surface area (Å²) in [5.41, 5.74) is 0. The molecule has 0 aromatic carbocycles. The van der Waals surface area contributed by atoms with E-state index in [1.807, 2.05) is 0 Å². The van der Waals surface area contributed by atoms with E-state index in [0.717, 1.165) is 0 Å². The van der Waals surface area contributed by atoms with Gasteiger partial charge in [0.25, 0.3) is 0 Å². The summed E-state index contributed by atoms with van der Waals surface area (Å²) < 4.78 is 0. The standard InChI is InChI=1S/C16H48Si10/c1-19(2,17)21(5,6)23(9,10)25(13,14)26(15,16)24(11,12)22(7,8)20(3,4)18/h1-16H3. The molecule has 0 atom stereocenters. The minimum absolute atomic E-state index is 1.24. The van der Waals surface area contributed by atoms with Crippen LogP contribution in [0.3, 0.4) is 0 Å². The van der Waals surface area contributed by atoms with Crippen LogP contribution in [-0.2, 0) is 0 Å². The molecule has 152 valence electrons. The van der Waals surface area contributed by atoms with Gasteiger partial charge >= 0.3 is 0 Å². The summed E-state index contributed by atoms with van der Waals surface area (Å²) in [7, 11) is -1.37. The van der Waals surface area contributed by atoms with Crippen LogP contribution < -0.4 is 0 Å². The first kappa shape index (κ1) is 28.2. The SMILES string of the molecule is C[Si](C)([Si])[Si](C)(C)[Si](C)(C)[Si](C)(C)[Si](C)(C)[Si](C)(C)[Si](C)(C)[Si](C)(C)[Si]. The van der Waals surface area contributed by atoms with Crippen LogP contribution in [-0.4, -0.2) is 76.4 Å². The molecular weight excluding hydrogens is 473 g/mol. The third-order valence-electron chi connectivity index (χ3n) is 10.9. The Hall–Kier alpha value is 2.17. The van der Waals surface area contributed by atoms with Gasteiger partial charge in [-0.05, 0) is 0 Å². The molecule has 0 aliphatic rings. The van der Waals surface area contributed by atoms with Gasteiger partial charge in [-0.25, -0.2) is 0 Å². The van der Waals surface area contributed by atoms with Gasteiger partial charge in [0.15, 0.2) is 0 Å². The van der Waals surface area contributed by atoms with E-state index >= 15 is 0 Å². The molecule has 0 spiro atoms. The lowest BCUT2D eigenvalue weighted by Gasteiger charge is -2.65. The Balaban J connectivity index is 6.61. The second kappa shape index (κ2) is 7.39. The van der Waals surface area contributed by atoms with E-state index in [-0.39, 0.29) is 0 Å². The van der Waals surface area contributed by atoms with Crippen LogP contribution in [0.1, 0.15) is 0 Å². The predicted molar refractivity (Wildman–Crippen MR) is 151 cm³/mol. The molecule has 6 radical (unpaired) electrons. The largest absolute Gasteiger partial charge is 0.0739 e. The van der Waals surface area contributed by atoms with Gasteiger partial charge in [0.2, 0.25) is 0 Å². The van der Waals surface area contributed by atoms with Crippen molar-refractivity contribution in [3.05, 3.63) is 0 Å². The highest BCUT2D eigenvalue weighted by atomic mass is 30.1. The van der Waals surface area contributed by atoms with Crippen molar-refractivity contribution in [1.82, 2.24) is 0 Å². The highest BCUT2D eigenvalue weighted by Crippen LogP contribution is 2.44. The van der Waals surface area contributed by atoms with Gasteiger partial charge in [0.05, 0.1) is 0 Å². The van der Waals surface area contributed by atoms with E-state index in [1.165, 1.54) is 0 Å². The van der Waals surface area contributed by atoms with E-state index in [4.69, 9.17) is 0 Å². The molecular formula is C16H48Si10. The molecule has 0 aliphatic carbocycles. The Bertz CT molecular complexity index is 470. The summed E-state index contributed by atoms with van der Waals surface area (Å²) in [5, 5.41) is 0. The first-order valence-electron chi connectivity index (χ1n) is 10.2. The van der Waals surface area contributed by atoms with Crippen molar-refractivity contribution in [2.45, 2.75) is 105 Å². The van der Waals surface area contributed by atoms with E-state index in [9.17, 15) is 0 Å². The normalized spacial score (nSPS) is 16.8. The molecule has 0 bridgehead atoms. The van der Waals surface area contributed by atoms with Crippen LogP contribution in [0.5, 0.6) is 0 Å². The number of hydrogen-bond donors (Lipinski definition) is 0. The lowest BCUT2D eigenvalue weighted by atomic mass is 11.9. The maximum absolute atomic E-state index is 4.37. The lowest BCUT2D eigenvalue weighted by Crippen LogP contribution is -2.92. The zero-order chi connectivity index (χ0) is 22.0. The Labute approximate surface area is 180 Å². The molecule has 0 saturated heterocycles. The van der Waals surface area contributed by atoms with Gasteiger partial charge in [0.1, 0.15) is 0 Å². The first-order chi connectivity index (χ1) is 10.8. The highest BCUT2D eigenvalue weighted by molar-refractivity contribution is 8.05. The smallest absolute Gasteiger partial charge is 0.0307 e. The van der Waals surface area contributed by atoms with E-state index in [0.29, 0.717) is 0 Å². The Morgan fingerprint density at radius 1 is 0.269 bits per heavy atom. The van der Waals surface area contributed by atoms with Crippen molar-refractivity contribution in [1.29, 1.82) is 0 Å². The van der Waals surface area contributed by atoms with Crippen LogP contribution >= 0.6 is 0 Å². The topological polar surface area (TPSA) is 0 Å². The monoisotopic (exact) mass is 520 g/mol. The second-order valence-corrected chi connectivity index (χ2v) is 111. The fourth-order valence-corrected chi connectivity index (χ4v) is 248. The summed E-state index contributed by atoms with van der Waals surface area (Å²) in [6.45, 7) is 44.5. The Morgan fingerprint density at radius 2 is 0.385 bits per heavy atom. The van der Waals surface area contributed by atoms with Crippen LogP contribution in [0.25, 0.3) is 0 Å². The van der Waals surface area contributed by atoms with Gasteiger partial charge < -0.3 is 0 Å². The third kappa shape index (κ3) is 3.90. The van der Waals surface area contributed by atoms with Gasteiger partial charge in [-0.3, -0.25) is 0 Å². The van der Waals surface area contributed by atoms with Crippen molar-refractivity contribution < 1.29 is 0 Å². The summed E-state index contributed by atoms with van der Waals surface area (Å²) >= 11 is 0. The number of hydrogen-bond acceptors (Lipinski definition) is 0. The van der Waals surface area contributed by atoms with E-state index < -0.39 is 56.9 Å². The molecule has 10 heteroatoms. The maximum Gasteiger partial charge on any atom is 0.0307 e. The predicted octanol–water partition coefficient (Wildman–Crippen LogP) is 5.53. The van der Waals surface area contributed by atoms with Crippen molar-refractivity contribution in [2.24, 2.45) is 0 Å². The zero-order valence-corrected chi connectivity index (χ0v) is 31.0. The van der Waals surface area contributed by atoms with E-state index in [1.54, 1.807) is 0 Å². The molecule has 0 unspecified atom stereocenters. The molecule has 0 fully saturated rings. The molecule has 0 aromatic rings. The summed E-state index contributed by atoms with van der Waals surface area (Å²) in [4.78, 5) is 0. The highest BCUT2D eigenvalue weighted by Gasteiger charge is 2.68. The first-order valence-corrected chi connectivity index (χ1v) is 44.2. The van der Waals surface area contributed by atoms with Crippen molar-refractivity contribution in [3.8, 4) is 0 Å². The molecule has 0 rings (SSSR count). The summed E-state index contributed by atoms with van der Waals surface area (Å²) in [6, 6.07) is 0. The quantitative estimate of drug-likeness (QED) is 0.387. The van der Waals surface area contributed by atoms with Gasteiger partial charge in [0, 0.05) is 76.4 Å². The Morgan fingerprint density at radius 3 is 0.500 bits per heavy atom. The van der Waals surface area contributed by atoms with Crippen LogP contribution in [0, 0.1) is 0 Å². The zero-order valence-electron chi connectivity index (χ0n) is 21.0. The van der Waals surface area contributed by atoms with Crippen molar-refractivity contribution in [2.75, 3.05) is 0 Å². The molecule has 0 aliphatic heterocycles. The molecule has 0 nitrogen and oxygen atoms in total. The summed E-state index contributed by atoms with van der Waals surface area (Å²) in [6.07, 6.45) is 0. The minimum atomic E-state index is -1.29. The maximum atomic E-state index is 4.37. The fraction of sp³-hybridized carbons (Fsp3) is 1.00. The molecule has 0 aromatic heterocycles. The van der Waals surface area contributed by atoms with Gasteiger partial charge in [-0.1, -0.05) is 105 Å². The number of rotatable bonds is 7.